The van der Waals surface area contributed by atoms with Gasteiger partial charge >= 0.3 is 0 Å². The van der Waals surface area contributed by atoms with Gasteiger partial charge in [0.1, 0.15) is 0 Å². The Labute approximate surface area is 270 Å². The summed E-state index contributed by atoms with van der Waals surface area (Å²) in [6.07, 6.45) is 6.48. The summed E-state index contributed by atoms with van der Waals surface area (Å²) in [7, 11) is 0. The predicted molar refractivity (Wildman–Crippen MR) is 197 cm³/mol. The molecule has 0 saturated heterocycles. The highest BCUT2D eigenvalue weighted by Crippen LogP contribution is 2.38. The molecule has 222 valence electrons. The van der Waals surface area contributed by atoms with Crippen LogP contribution in [0.25, 0.3) is 60.5 Å². The van der Waals surface area contributed by atoms with Crippen LogP contribution in [0.4, 0.5) is 0 Å². The van der Waals surface area contributed by atoms with E-state index in [0.717, 1.165) is 24.2 Å². The van der Waals surface area contributed by atoms with Gasteiger partial charge in [0.2, 0.25) is 0 Å². The number of nitrogens with zero attached hydrogens (tertiary/aromatic N) is 2. The number of fused-ring (bicyclic) bond motifs is 5. The average Bonchev–Trinajstić information content (AvgIpc) is 3.44. The van der Waals surface area contributed by atoms with Crippen LogP contribution in [0.15, 0.2) is 156 Å². The number of benzene rings is 6. The van der Waals surface area contributed by atoms with E-state index in [9.17, 15) is 0 Å². The summed E-state index contributed by atoms with van der Waals surface area (Å²) < 4.78 is 2.43. The van der Waals surface area contributed by atoms with E-state index in [-0.39, 0.29) is 0 Å². The quantitative estimate of drug-likeness (QED) is 0.177. The van der Waals surface area contributed by atoms with Crippen molar-refractivity contribution < 1.29 is 0 Å². The van der Waals surface area contributed by atoms with Crippen molar-refractivity contribution in [3.8, 4) is 27.9 Å². The molecule has 0 N–H and O–H groups in total. The molecule has 1 aliphatic rings. The first kappa shape index (κ1) is 28.0. The number of allylic oxidation sites excluding steroid dienone is 4. The second kappa shape index (κ2) is 11.5. The standard InChI is InChI=1S/C44H36N2/c1-29-12-4-7-15-36(29)41-28-34(23-26-37(41)31(3)45-42-18-10-5-13-30(42)2)32-20-24-35(25-21-32)46-43-19-11-9-17-39(43)40-27-22-33-14-6-8-16-38(33)44(40)46/h4-9,11-17,19-28H,10,18H2,1-3H3/b45-31+. The minimum absolute atomic E-state index is 0.992. The van der Waals surface area contributed by atoms with Crippen molar-refractivity contribution in [3.63, 3.8) is 0 Å². The molecule has 2 nitrogen and oxygen atoms in total. The van der Waals surface area contributed by atoms with Gasteiger partial charge in [-0.05, 0) is 96.7 Å². The second-order valence-corrected chi connectivity index (χ2v) is 12.4. The maximum Gasteiger partial charge on any atom is 0.0619 e. The third-order valence-electron chi connectivity index (χ3n) is 9.54. The molecule has 0 radical (unpaired) electrons. The SMILES string of the molecule is CC1=C(/N=C(\C)c2ccc(-c3ccc(-n4c5ccccc5c5ccc6ccccc6c54)cc3)cc2-c2ccccc2C)CCC=C1. The van der Waals surface area contributed by atoms with Gasteiger partial charge in [-0.3, -0.25) is 4.99 Å². The third kappa shape index (κ3) is 4.78. The van der Waals surface area contributed by atoms with Gasteiger partial charge in [0.25, 0.3) is 0 Å². The van der Waals surface area contributed by atoms with Crippen molar-refractivity contribution in [2.75, 3.05) is 0 Å². The number of aryl methyl sites for hydroxylation is 1. The lowest BCUT2D eigenvalue weighted by atomic mass is 9.90. The Morgan fingerprint density at radius 1 is 0.652 bits per heavy atom. The molecule has 0 saturated carbocycles. The Morgan fingerprint density at radius 3 is 2.22 bits per heavy atom. The topological polar surface area (TPSA) is 17.3 Å². The first-order valence-corrected chi connectivity index (χ1v) is 16.2. The van der Waals surface area contributed by atoms with E-state index in [1.165, 1.54) is 77.2 Å². The van der Waals surface area contributed by atoms with Crippen LogP contribution < -0.4 is 0 Å². The summed E-state index contributed by atoms with van der Waals surface area (Å²) >= 11 is 0. The van der Waals surface area contributed by atoms with E-state index in [4.69, 9.17) is 4.99 Å². The molecule has 0 spiro atoms. The lowest BCUT2D eigenvalue weighted by Gasteiger charge is -2.16. The number of hydrogen-bond acceptors (Lipinski definition) is 1. The van der Waals surface area contributed by atoms with Gasteiger partial charge in [-0.15, -0.1) is 0 Å². The molecular formula is C44H36N2. The Morgan fingerprint density at radius 2 is 1.39 bits per heavy atom. The maximum absolute atomic E-state index is 5.16. The monoisotopic (exact) mass is 592 g/mol. The zero-order chi connectivity index (χ0) is 31.2. The van der Waals surface area contributed by atoms with Gasteiger partial charge in [0, 0.05) is 38.8 Å². The molecule has 0 fully saturated rings. The zero-order valence-electron chi connectivity index (χ0n) is 26.6. The zero-order valence-corrected chi connectivity index (χ0v) is 26.6. The lowest BCUT2D eigenvalue weighted by Crippen LogP contribution is -2.02. The summed E-state index contributed by atoms with van der Waals surface area (Å²) in [6.45, 7) is 6.51. The molecule has 0 unspecified atom stereocenters. The fourth-order valence-electron chi connectivity index (χ4n) is 7.12. The van der Waals surface area contributed by atoms with Crippen molar-refractivity contribution in [1.82, 2.24) is 4.57 Å². The van der Waals surface area contributed by atoms with E-state index in [1.807, 2.05) is 0 Å². The summed E-state index contributed by atoms with van der Waals surface area (Å²) in [6, 6.07) is 46.5. The first-order valence-electron chi connectivity index (χ1n) is 16.2. The molecule has 0 atom stereocenters. The van der Waals surface area contributed by atoms with Gasteiger partial charge in [-0.1, -0.05) is 115 Å². The number of para-hydroxylation sites is 1. The summed E-state index contributed by atoms with van der Waals surface area (Å²) in [5, 5.41) is 5.08. The Balaban J connectivity index is 1.26. The molecule has 0 aliphatic heterocycles. The Kier molecular flexibility index (Phi) is 6.99. The normalized spacial score (nSPS) is 13.8. The minimum atomic E-state index is 0.992. The Hall–Kier alpha value is -5.47. The number of rotatable bonds is 5. The Bertz CT molecular complexity index is 2380. The fourth-order valence-corrected chi connectivity index (χ4v) is 7.12. The lowest BCUT2D eigenvalue weighted by molar-refractivity contribution is 0.921. The van der Waals surface area contributed by atoms with Gasteiger partial charge in [0.15, 0.2) is 0 Å². The number of hydrogen-bond donors (Lipinski definition) is 0. The van der Waals surface area contributed by atoms with Crippen molar-refractivity contribution in [3.05, 3.63) is 162 Å². The van der Waals surface area contributed by atoms with Crippen LogP contribution in [-0.2, 0) is 0 Å². The van der Waals surface area contributed by atoms with Crippen molar-refractivity contribution in [2.24, 2.45) is 4.99 Å². The maximum atomic E-state index is 5.16. The van der Waals surface area contributed by atoms with Crippen LogP contribution in [0.1, 0.15) is 37.8 Å². The van der Waals surface area contributed by atoms with E-state index in [2.05, 4.69) is 165 Å². The molecule has 7 aromatic rings. The first-order chi connectivity index (χ1) is 22.6. The van der Waals surface area contributed by atoms with Crippen LogP contribution in [0, 0.1) is 6.92 Å². The van der Waals surface area contributed by atoms with Crippen LogP contribution in [0.3, 0.4) is 0 Å². The highest BCUT2D eigenvalue weighted by Gasteiger charge is 2.16. The van der Waals surface area contributed by atoms with Gasteiger partial charge in [-0.25, -0.2) is 0 Å². The van der Waals surface area contributed by atoms with Crippen molar-refractivity contribution >= 4 is 38.3 Å². The molecule has 46 heavy (non-hydrogen) atoms. The van der Waals surface area contributed by atoms with Crippen LogP contribution >= 0.6 is 0 Å². The molecule has 1 aromatic heterocycles. The van der Waals surface area contributed by atoms with E-state index < -0.39 is 0 Å². The number of aromatic nitrogens is 1. The molecule has 1 aliphatic carbocycles. The third-order valence-corrected chi connectivity index (χ3v) is 9.54. The summed E-state index contributed by atoms with van der Waals surface area (Å²) in [4.78, 5) is 5.16. The smallest absolute Gasteiger partial charge is 0.0619 e. The van der Waals surface area contributed by atoms with Gasteiger partial charge in [-0.2, -0.15) is 0 Å². The average molecular weight is 593 g/mol. The van der Waals surface area contributed by atoms with Crippen LogP contribution in [0.5, 0.6) is 0 Å². The van der Waals surface area contributed by atoms with E-state index >= 15 is 0 Å². The second-order valence-electron chi connectivity index (χ2n) is 12.4. The van der Waals surface area contributed by atoms with Crippen molar-refractivity contribution in [2.45, 2.75) is 33.6 Å². The molecule has 0 bridgehead atoms. The summed E-state index contributed by atoms with van der Waals surface area (Å²) in [5.74, 6) is 0. The molecule has 8 rings (SSSR count). The molecule has 0 amide bonds. The fraction of sp³-hybridized carbons (Fsp3) is 0.114. The molecular weight excluding hydrogens is 556 g/mol. The number of aliphatic imine (C=N–C) groups is 1. The highest BCUT2D eigenvalue weighted by atomic mass is 15.0. The van der Waals surface area contributed by atoms with Crippen LogP contribution in [-0.4, -0.2) is 10.3 Å². The van der Waals surface area contributed by atoms with Crippen LogP contribution in [0.2, 0.25) is 0 Å². The molecule has 6 aromatic carbocycles. The van der Waals surface area contributed by atoms with E-state index in [0.29, 0.717) is 0 Å². The summed E-state index contributed by atoms with van der Waals surface area (Å²) in [5.41, 5.74) is 14.5. The largest absolute Gasteiger partial charge is 0.309 e. The molecule has 1 heterocycles. The van der Waals surface area contributed by atoms with Gasteiger partial charge < -0.3 is 4.57 Å². The minimum Gasteiger partial charge on any atom is -0.309 e. The predicted octanol–water partition coefficient (Wildman–Crippen LogP) is 12.0. The molecule has 2 heteroatoms. The highest BCUT2D eigenvalue weighted by molar-refractivity contribution is 6.18. The van der Waals surface area contributed by atoms with Crippen molar-refractivity contribution in [1.29, 1.82) is 0 Å². The van der Waals surface area contributed by atoms with Gasteiger partial charge in [0.05, 0.1) is 11.0 Å². The van der Waals surface area contributed by atoms with E-state index in [1.54, 1.807) is 0 Å².